The van der Waals surface area contributed by atoms with Crippen molar-refractivity contribution < 1.29 is 28.9 Å². The number of carbonyl (C=O) groups is 2. The van der Waals surface area contributed by atoms with Gasteiger partial charge in [-0.05, 0) is 69.9 Å². The summed E-state index contributed by atoms with van der Waals surface area (Å²) in [4.78, 5) is 29.6. The number of benzene rings is 2. The summed E-state index contributed by atoms with van der Waals surface area (Å²) >= 11 is 0. The Hall–Kier alpha value is -3.52. The van der Waals surface area contributed by atoms with Gasteiger partial charge < -0.3 is 29.1 Å². The molecule has 0 bridgehead atoms. The molecule has 0 radical (unpaired) electrons. The number of rotatable bonds is 10. The molecule has 34 heavy (non-hydrogen) atoms. The maximum Gasteiger partial charge on any atom is 0.295 e. The van der Waals surface area contributed by atoms with Crippen molar-refractivity contribution in [3.05, 3.63) is 59.2 Å². The number of ketones is 1. The van der Waals surface area contributed by atoms with Crippen LogP contribution in [0.25, 0.3) is 5.76 Å². The topological polar surface area (TPSA) is 88.5 Å². The summed E-state index contributed by atoms with van der Waals surface area (Å²) in [5, 5.41) is 11.2. The maximum atomic E-state index is 13.1. The Balaban J connectivity index is 2.13. The fourth-order valence-electron chi connectivity index (χ4n) is 3.93. The first-order chi connectivity index (χ1) is 16.3. The third kappa shape index (κ3) is 5.17. The highest BCUT2D eigenvalue weighted by molar-refractivity contribution is 6.46. The highest BCUT2D eigenvalue weighted by Crippen LogP contribution is 2.42. The van der Waals surface area contributed by atoms with Crippen molar-refractivity contribution in [3.63, 3.8) is 0 Å². The standard InChI is InChI=1S/C26H32N2O6/c1-6-33-19-11-8-17(9-12-19)24(29)22-23(28(15-14-27(3)4)26(31)25(22)30)18-10-13-20(34-7-2)21(16-18)32-5/h8-13,16,23,29H,6-7,14-15H2,1-5H3/b24-22+/t23-/m1/s1. The molecule has 182 valence electrons. The van der Waals surface area contributed by atoms with E-state index in [4.69, 9.17) is 14.2 Å². The molecule has 8 heteroatoms. The van der Waals surface area contributed by atoms with Gasteiger partial charge in [-0.3, -0.25) is 9.59 Å². The fourth-order valence-corrected chi connectivity index (χ4v) is 3.93. The van der Waals surface area contributed by atoms with Crippen molar-refractivity contribution in [2.45, 2.75) is 19.9 Å². The number of carbonyl (C=O) groups excluding carboxylic acids is 2. The van der Waals surface area contributed by atoms with Gasteiger partial charge in [0, 0.05) is 18.7 Å². The van der Waals surface area contributed by atoms with Crippen LogP contribution in [-0.4, -0.2) is 74.1 Å². The van der Waals surface area contributed by atoms with Gasteiger partial charge in [0.1, 0.15) is 11.5 Å². The van der Waals surface area contributed by atoms with E-state index in [1.54, 1.807) is 42.5 Å². The van der Waals surface area contributed by atoms with Crippen molar-refractivity contribution in [3.8, 4) is 17.2 Å². The maximum absolute atomic E-state index is 13.1. The van der Waals surface area contributed by atoms with E-state index in [1.807, 2.05) is 32.8 Å². The summed E-state index contributed by atoms with van der Waals surface area (Å²) in [5.41, 5.74) is 1.11. The van der Waals surface area contributed by atoms with Crippen LogP contribution in [0.2, 0.25) is 0 Å². The smallest absolute Gasteiger partial charge is 0.295 e. The average Bonchev–Trinajstić information content (AvgIpc) is 3.08. The number of hydrogen-bond donors (Lipinski definition) is 1. The van der Waals surface area contributed by atoms with Crippen LogP contribution in [0, 0.1) is 0 Å². The van der Waals surface area contributed by atoms with Crippen molar-refractivity contribution in [2.24, 2.45) is 0 Å². The Labute approximate surface area is 200 Å². The van der Waals surface area contributed by atoms with Crippen LogP contribution < -0.4 is 14.2 Å². The summed E-state index contributed by atoms with van der Waals surface area (Å²) < 4.78 is 16.6. The van der Waals surface area contributed by atoms with Gasteiger partial charge in [0.2, 0.25) is 0 Å². The highest BCUT2D eigenvalue weighted by atomic mass is 16.5. The molecule has 0 aliphatic carbocycles. The lowest BCUT2D eigenvalue weighted by molar-refractivity contribution is -0.140. The van der Waals surface area contributed by atoms with Gasteiger partial charge in [-0.2, -0.15) is 0 Å². The molecular formula is C26H32N2O6. The number of likely N-dealkylation sites (tertiary alicyclic amines) is 1. The van der Waals surface area contributed by atoms with Crippen molar-refractivity contribution >= 4 is 17.4 Å². The molecule has 0 spiro atoms. The molecule has 0 aromatic heterocycles. The minimum atomic E-state index is -0.768. The van der Waals surface area contributed by atoms with Crippen LogP contribution in [0.1, 0.15) is 31.0 Å². The van der Waals surface area contributed by atoms with Gasteiger partial charge in [-0.1, -0.05) is 6.07 Å². The Morgan fingerprint density at radius 2 is 1.68 bits per heavy atom. The molecule has 1 fully saturated rings. The number of hydrogen-bond acceptors (Lipinski definition) is 7. The summed E-state index contributed by atoms with van der Waals surface area (Å²) in [5.74, 6) is 0.101. The molecular weight excluding hydrogens is 436 g/mol. The lowest BCUT2D eigenvalue weighted by atomic mass is 9.95. The summed E-state index contributed by atoms with van der Waals surface area (Å²) in [6, 6.07) is 11.3. The molecule has 0 unspecified atom stereocenters. The second-order valence-electron chi connectivity index (χ2n) is 8.10. The monoisotopic (exact) mass is 468 g/mol. The minimum absolute atomic E-state index is 0.0409. The molecule has 1 N–H and O–H groups in total. The van der Waals surface area contributed by atoms with Crippen LogP contribution in [0.15, 0.2) is 48.0 Å². The summed E-state index contributed by atoms with van der Waals surface area (Å²) in [6.45, 7) is 5.61. The quantitative estimate of drug-likeness (QED) is 0.324. The Bertz CT molecular complexity index is 1060. The first-order valence-electron chi connectivity index (χ1n) is 11.3. The van der Waals surface area contributed by atoms with E-state index in [0.717, 1.165) is 0 Å². The zero-order chi connectivity index (χ0) is 24.8. The van der Waals surface area contributed by atoms with Gasteiger partial charge in [0.25, 0.3) is 11.7 Å². The Morgan fingerprint density at radius 1 is 1.00 bits per heavy atom. The van der Waals surface area contributed by atoms with Gasteiger partial charge in [0.05, 0.1) is 31.9 Å². The van der Waals surface area contributed by atoms with Crippen molar-refractivity contribution in [1.29, 1.82) is 0 Å². The molecule has 1 amide bonds. The molecule has 0 saturated carbocycles. The van der Waals surface area contributed by atoms with E-state index in [2.05, 4.69) is 0 Å². The SMILES string of the molecule is CCOc1ccc(/C(O)=C2\C(=O)C(=O)N(CCN(C)C)[C@@H]2c2ccc(OCC)c(OC)c2)cc1. The minimum Gasteiger partial charge on any atom is -0.507 e. The van der Waals surface area contributed by atoms with Crippen LogP contribution in [0.4, 0.5) is 0 Å². The number of ether oxygens (including phenoxy) is 3. The highest BCUT2D eigenvalue weighted by Gasteiger charge is 2.46. The number of methoxy groups -OCH3 is 1. The lowest BCUT2D eigenvalue weighted by Crippen LogP contribution is -2.35. The number of Topliss-reactive ketones (excluding diaryl/α,β-unsaturated/α-hetero) is 1. The zero-order valence-electron chi connectivity index (χ0n) is 20.3. The summed E-state index contributed by atoms with van der Waals surface area (Å²) in [7, 11) is 5.32. The number of aliphatic hydroxyl groups is 1. The molecule has 2 aromatic carbocycles. The third-order valence-corrected chi connectivity index (χ3v) is 5.57. The van der Waals surface area contributed by atoms with E-state index >= 15 is 0 Å². The number of aliphatic hydroxyl groups excluding tert-OH is 1. The molecule has 1 aliphatic heterocycles. The van der Waals surface area contributed by atoms with Crippen LogP contribution in [0.3, 0.4) is 0 Å². The molecule has 2 aromatic rings. The van der Waals surface area contributed by atoms with Crippen LogP contribution in [-0.2, 0) is 9.59 Å². The van der Waals surface area contributed by atoms with E-state index in [0.29, 0.717) is 54.7 Å². The predicted octanol–water partition coefficient (Wildman–Crippen LogP) is 3.48. The lowest BCUT2D eigenvalue weighted by Gasteiger charge is -2.27. The van der Waals surface area contributed by atoms with E-state index in [-0.39, 0.29) is 11.3 Å². The van der Waals surface area contributed by atoms with Gasteiger partial charge >= 0.3 is 0 Å². The third-order valence-electron chi connectivity index (χ3n) is 5.57. The first kappa shape index (κ1) is 25.1. The van der Waals surface area contributed by atoms with Crippen LogP contribution in [0.5, 0.6) is 17.2 Å². The van der Waals surface area contributed by atoms with Crippen molar-refractivity contribution in [2.75, 3.05) is 47.5 Å². The number of nitrogens with zero attached hydrogens (tertiary/aromatic N) is 2. The molecule has 1 saturated heterocycles. The average molecular weight is 469 g/mol. The first-order valence-corrected chi connectivity index (χ1v) is 11.3. The summed E-state index contributed by atoms with van der Waals surface area (Å²) in [6.07, 6.45) is 0. The fraction of sp³-hybridized carbons (Fsp3) is 0.385. The van der Waals surface area contributed by atoms with Gasteiger partial charge in [-0.15, -0.1) is 0 Å². The van der Waals surface area contributed by atoms with Crippen LogP contribution >= 0.6 is 0 Å². The molecule has 8 nitrogen and oxygen atoms in total. The molecule has 1 aliphatic rings. The molecule has 3 rings (SSSR count). The molecule has 1 atom stereocenters. The molecule has 1 heterocycles. The van der Waals surface area contributed by atoms with E-state index in [9.17, 15) is 14.7 Å². The predicted molar refractivity (Wildman–Crippen MR) is 129 cm³/mol. The Kier molecular flexibility index (Phi) is 8.17. The normalized spacial score (nSPS) is 17.4. The van der Waals surface area contributed by atoms with Gasteiger partial charge in [-0.25, -0.2) is 0 Å². The number of likely N-dealkylation sites (N-methyl/N-ethyl adjacent to an activating group) is 1. The van der Waals surface area contributed by atoms with E-state index in [1.165, 1.54) is 12.0 Å². The van der Waals surface area contributed by atoms with Gasteiger partial charge in [0.15, 0.2) is 11.5 Å². The number of amides is 1. The second kappa shape index (κ2) is 11.1. The zero-order valence-corrected chi connectivity index (χ0v) is 20.3. The van der Waals surface area contributed by atoms with E-state index < -0.39 is 17.7 Å². The largest absolute Gasteiger partial charge is 0.507 e. The Morgan fingerprint density at radius 3 is 2.26 bits per heavy atom. The van der Waals surface area contributed by atoms with Crippen molar-refractivity contribution in [1.82, 2.24) is 9.80 Å². The second-order valence-corrected chi connectivity index (χ2v) is 8.10.